The molecule has 0 unspecified atom stereocenters. The van der Waals surface area contributed by atoms with E-state index in [1.54, 1.807) is 18.3 Å². The zero-order valence-electron chi connectivity index (χ0n) is 13.9. The molecule has 1 N–H and O–H groups in total. The third-order valence-electron chi connectivity index (χ3n) is 4.45. The molecule has 132 valence electrons. The van der Waals surface area contributed by atoms with Crippen molar-refractivity contribution >= 4 is 11.6 Å². The lowest BCUT2D eigenvalue weighted by molar-refractivity contribution is 0.240. The summed E-state index contributed by atoms with van der Waals surface area (Å²) in [5.41, 5.74) is 2.93. The molecule has 4 rings (SSSR count). The highest BCUT2D eigenvalue weighted by molar-refractivity contribution is 6.30. The maximum atomic E-state index is 13.3. The topological polar surface area (TPSA) is 61.9 Å². The SMILES string of the molecule is O=c1[nH]c(-c2ccccn2)nc2c1CCN(Cc1ccc(F)c(Cl)c1)C2. The maximum Gasteiger partial charge on any atom is 0.254 e. The molecule has 1 aliphatic heterocycles. The summed E-state index contributed by atoms with van der Waals surface area (Å²) in [6.45, 7) is 1.90. The Balaban J connectivity index is 1.60. The van der Waals surface area contributed by atoms with Crippen LogP contribution in [0.4, 0.5) is 4.39 Å². The fraction of sp³-hybridized carbons (Fsp3) is 0.211. The Hall–Kier alpha value is -2.57. The fourth-order valence-electron chi connectivity index (χ4n) is 3.15. The molecule has 5 nitrogen and oxygen atoms in total. The summed E-state index contributed by atoms with van der Waals surface area (Å²) in [6.07, 6.45) is 2.29. The number of aromatic amines is 1. The van der Waals surface area contributed by atoms with E-state index in [-0.39, 0.29) is 10.6 Å². The highest BCUT2D eigenvalue weighted by Gasteiger charge is 2.22. The summed E-state index contributed by atoms with van der Waals surface area (Å²) in [4.78, 5) is 26.3. The number of halogens is 2. The van der Waals surface area contributed by atoms with E-state index in [1.165, 1.54) is 6.07 Å². The average Bonchev–Trinajstić information content (AvgIpc) is 2.65. The normalized spacial score (nSPS) is 14.2. The molecule has 7 heteroatoms. The zero-order chi connectivity index (χ0) is 18.1. The Labute approximate surface area is 154 Å². The van der Waals surface area contributed by atoms with Gasteiger partial charge in [-0.2, -0.15) is 0 Å². The Bertz CT molecular complexity index is 1010. The second-order valence-electron chi connectivity index (χ2n) is 6.26. The van der Waals surface area contributed by atoms with Crippen LogP contribution in [0.15, 0.2) is 47.4 Å². The van der Waals surface area contributed by atoms with Gasteiger partial charge in [0.25, 0.3) is 5.56 Å². The highest BCUT2D eigenvalue weighted by atomic mass is 35.5. The summed E-state index contributed by atoms with van der Waals surface area (Å²) >= 11 is 5.86. The van der Waals surface area contributed by atoms with Crippen molar-refractivity contribution in [3.63, 3.8) is 0 Å². The molecule has 0 aliphatic carbocycles. The monoisotopic (exact) mass is 370 g/mol. The van der Waals surface area contributed by atoms with Gasteiger partial charge in [-0.3, -0.25) is 14.7 Å². The van der Waals surface area contributed by atoms with Gasteiger partial charge in [-0.15, -0.1) is 0 Å². The number of benzene rings is 1. The number of nitrogens with one attached hydrogen (secondary N) is 1. The van der Waals surface area contributed by atoms with Crippen molar-refractivity contribution in [3.8, 4) is 11.5 Å². The van der Waals surface area contributed by atoms with Crippen molar-refractivity contribution in [2.75, 3.05) is 6.54 Å². The summed E-state index contributed by atoms with van der Waals surface area (Å²) < 4.78 is 13.3. The molecular weight excluding hydrogens is 355 g/mol. The molecule has 0 spiro atoms. The lowest BCUT2D eigenvalue weighted by atomic mass is 10.1. The molecule has 0 atom stereocenters. The molecule has 1 aromatic carbocycles. The van der Waals surface area contributed by atoms with Crippen molar-refractivity contribution in [1.82, 2.24) is 19.9 Å². The minimum Gasteiger partial charge on any atom is -0.305 e. The van der Waals surface area contributed by atoms with Crippen molar-refractivity contribution in [2.45, 2.75) is 19.5 Å². The molecule has 0 saturated heterocycles. The van der Waals surface area contributed by atoms with Gasteiger partial charge in [-0.1, -0.05) is 23.7 Å². The Morgan fingerprint density at radius 3 is 2.92 bits per heavy atom. The zero-order valence-corrected chi connectivity index (χ0v) is 14.6. The van der Waals surface area contributed by atoms with Crippen LogP contribution in [0.2, 0.25) is 5.02 Å². The van der Waals surface area contributed by atoms with Crippen LogP contribution in [0.3, 0.4) is 0 Å². The van der Waals surface area contributed by atoms with Gasteiger partial charge < -0.3 is 4.98 Å². The molecule has 26 heavy (non-hydrogen) atoms. The van der Waals surface area contributed by atoms with Gasteiger partial charge in [0.05, 0.1) is 10.7 Å². The largest absolute Gasteiger partial charge is 0.305 e. The van der Waals surface area contributed by atoms with Crippen molar-refractivity contribution < 1.29 is 4.39 Å². The van der Waals surface area contributed by atoms with Gasteiger partial charge in [-0.05, 0) is 36.2 Å². The van der Waals surface area contributed by atoms with Gasteiger partial charge in [0.2, 0.25) is 0 Å². The molecule has 1 aliphatic rings. The predicted octanol–water partition coefficient (Wildman–Crippen LogP) is 3.18. The first-order valence-corrected chi connectivity index (χ1v) is 8.68. The standard InChI is InChI=1S/C19H16ClFN4O/c20-14-9-12(4-5-15(14)21)10-25-8-6-13-17(11-25)23-18(24-19(13)26)16-3-1-2-7-22-16/h1-5,7,9H,6,8,10-11H2,(H,23,24,26). The van der Waals surface area contributed by atoms with E-state index in [2.05, 4.69) is 19.9 Å². The predicted molar refractivity (Wildman–Crippen MR) is 97.3 cm³/mol. The van der Waals surface area contributed by atoms with Gasteiger partial charge in [-0.25, -0.2) is 9.37 Å². The minimum absolute atomic E-state index is 0.111. The van der Waals surface area contributed by atoms with Crippen LogP contribution in [0.5, 0.6) is 0 Å². The van der Waals surface area contributed by atoms with E-state index in [0.29, 0.717) is 31.0 Å². The number of fused-ring (bicyclic) bond motifs is 1. The van der Waals surface area contributed by atoms with Crippen LogP contribution < -0.4 is 5.56 Å². The quantitative estimate of drug-likeness (QED) is 0.769. The van der Waals surface area contributed by atoms with Crippen molar-refractivity contribution in [3.05, 3.63) is 80.6 Å². The number of pyridine rings is 1. The first-order chi connectivity index (χ1) is 12.6. The second-order valence-corrected chi connectivity index (χ2v) is 6.67. The highest BCUT2D eigenvalue weighted by Crippen LogP contribution is 2.21. The number of hydrogen-bond donors (Lipinski definition) is 1. The van der Waals surface area contributed by atoms with E-state index in [9.17, 15) is 9.18 Å². The van der Waals surface area contributed by atoms with E-state index in [1.807, 2.05) is 18.2 Å². The lowest BCUT2D eigenvalue weighted by Crippen LogP contribution is -2.35. The molecule has 3 aromatic rings. The van der Waals surface area contributed by atoms with Gasteiger partial charge in [0.15, 0.2) is 5.82 Å². The number of aromatic nitrogens is 3. The lowest BCUT2D eigenvalue weighted by Gasteiger charge is -2.27. The fourth-order valence-corrected chi connectivity index (χ4v) is 3.35. The van der Waals surface area contributed by atoms with Crippen molar-refractivity contribution in [2.24, 2.45) is 0 Å². The first-order valence-electron chi connectivity index (χ1n) is 8.30. The van der Waals surface area contributed by atoms with Crippen LogP contribution >= 0.6 is 11.6 Å². The van der Waals surface area contributed by atoms with Crippen LogP contribution in [-0.2, 0) is 19.5 Å². The number of nitrogens with zero attached hydrogens (tertiary/aromatic N) is 3. The molecule has 0 amide bonds. The molecule has 0 saturated carbocycles. The van der Waals surface area contributed by atoms with E-state index >= 15 is 0 Å². The molecule has 0 fully saturated rings. The maximum absolute atomic E-state index is 13.3. The Morgan fingerprint density at radius 1 is 1.27 bits per heavy atom. The van der Waals surface area contributed by atoms with Crippen LogP contribution in [0.25, 0.3) is 11.5 Å². The van der Waals surface area contributed by atoms with Crippen LogP contribution in [0, 0.1) is 5.82 Å². The van der Waals surface area contributed by atoms with Crippen molar-refractivity contribution in [1.29, 1.82) is 0 Å². The summed E-state index contributed by atoms with van der Waals surface area (Å²) in [6, 6.07) is 10.2. The Kier molecular flexibility index (Phi) is 4.53. The van der Waals surface area contributed by atoms with Gasteiger partial charge in [0, 0.05) is 31.4 Å². The Morgan fingerprint density at radius 2 is 2.15 bits per heavy atom. The average molecular weight is 371 g/mol. The molecule has 3 heterocycles. The van der Waals surface area contributed by atoms with E-state index < -0.39 is 5.82 Å². The summed E-state index contributed by atoms with van der Waals surface area (Å²) in [5, 5.41) is 0.118. The molecule has 0 bridgehead atoms. The van der Waals surface area contributed by atoms with E-state index in [4.69, 9.17) is 11.6 Å². The minimum atomic E-state index is -0.424. The summed E-state index contributed by atoms with van der Waals surface area (Å²) in [5.74, 6) is 0.0497. The van der Waals surface area contributed by atoms with Crippen LogP contribution in [-0.4, -0.2) is 26.4 Å². The third kappa shape index (κ3) is 3.38. The number of rotatable bonds is 3. The molecule has 2 aromatic heterocycles. The molecule has 0 radical (unpaired) electrons. The second kappa shape index (κ2) is 6.97. The first kappa shape index (κ1) is 16.9. The van der Waals surface area contributed by atoms with Gasteiger partial charge >= 0.3 is 0 Å². The van der Waals surface area contributed by atoms with E-state index in [0.717, 1.165) is 23.4 Å². The summed E-state index contributed by atoms with van der Waals surface area (Å²) in [7, 11) is 0. The number of hydrogen-bond acceptors (Lipinski definition) is 4. The van der Waals surface area contributed by atoms with Gasteiger partial charge in [0.1, 0.15) is 11.5 Å². The molecular formula is C19H16ClFN4O. The van der Waals surface area contributed by atoms with Crippen LogP contribution in [0.1, 0.15) is 16.8 Å². The third-order valence-corrected chi connectivity index (χ3v) is 4.74. The smallest absolute Gasteiger partial charge is 0.254 e. The number of H-pyrrole nitrogens is 1.